The van der Waals surface area contributed by atoms with E-state index in [1.54, 1.807) is 7.05 Å². The van der Waals surface area contributed by atoms with Crippen LogP contribution in [0.3, 0.4) is 0 Å². The van der Waals surface area contributed by atoms with Crippen molar-refractivity contribution in [3.05, 3.63) is 34.9 Å². The molecule has 1 fully saturated rings. The van der Waals surface area contributed by atoms with Gasteiger partial charge in [-0.2, -0.15) is 0 Å². The highest BCUT2D eigenvalue weighted by Crippen LogP contribution is 2.17. The third kappa shape index (κ3) is 5.86. The number of aliphatic imine (C=N–C) groups is 1. The molecule has 0 aliphatic carbocycles. The third-order valence-electron chi connectivity index (χ3n) is 4.10. The Balaban J connectivity index is 1.75. The van der Waals surface area contributed by atoms with E-state index in [9.17, 15) is 8.42 Å². The van der Waals surface area contributed by atoms with E-state index in [2.05, 4.69) is 47.7 Å². The number of nitrogens with one attached hydrogen (secondary N) is 2. The number of rotatable bonds is 5. The van der Waals surface area contributed by atoms with Crippen LogP contribution in [-0.2, 0) is 16.3 Å². The maximum atomic E-state index is 11.5. The van der Waals surface area contributed by atoms with Gasteiger partial charge in [0.2, 0.25) is 0 Å². The summed E-state index contributed by atoms with van der Waals surface area (Å²) in [6.07, 6.45) is 1.68. The number of hydrogen-bond donors (Lipinski definition) is 2. The lowest BCUT2D eigenvalue weighted by Crippen LogP contribution is -2.40. The van der Waals surface area contributed by atoms with Crippen molar-refractivity contribution >= 4 is 15.8 Å². The van der Waals surface area contributed by atoms with Gasteiger partial charge in [-0.05, 0) is 38.2 Å². The van der Waals surface area contributed by atoms with Crippen molar-refractivity contribution in [1.29, 1.82) is 0 Å². The van der Waals surface area contributed by atoms with Crippen LogP contribution in [0, 0.1) is 19.8 Å². The quantitative estimate of drug-likeness (QED) is 0.630. The van der Waals surface area contributed by atoms with Crippen LogP contribution in [0.15, 0.2) is 23.2 Å². The molecule has 1 aromatic carbocycles. The highest BCUT2D eigenvalue weighted by atomic mass is 32.2. The Morgan fingerprint density at radius 1 is 1.22 bits per heavy atom. The summed E-state index contributed by atoms with van der Waals surface area (Å²) in [7, 11) is -1.08. The van der Waals surface area contributed by atoms with E-state index in [1.165, 1.54) is 16.7 Å². The molecule has 5 nitrogen and oxygen atoms in total. The van der Waals surface area contributed by atoms with E-state index in [4.69, 9.17) is 0 Å². The Labute approximate surface area is 139 Å². The first-order valence-corrected chi connectivity index (χ1v) is 9.92. The normalized spacial score (nSPS) is 20.5. The molecule has 2 rings (SSSR count). The van der Waals surface area contributed by atoms with Crippen LogP contribution < -0.4 is 10.6 Å². The number of guanidine groups is 1. The van der Waals surface area contributed by atoms with Gasteiger partial charge in [0, 0.05) is 20.1 Å². The summed E-state index contributed by atoms with van der Waals surface area (Å²) in [5, 5.41) is 6.52. The lowest BCUT2D eigenvalue weighted by Gasteiger charge is -2.14. The first kappa shape index (κ1) is 17.8. The van der Waals surface area contributed by atoms with Crippen molar-refractivity contribution in [2.24, 2.45) is 10.9 Å². The van der Waals surface area contributed by atoms with Gasteiger partial charge in [0.25, 0.3) is 0 Å². The van der Waals surface area contributed by atoms with E-state index < -0.39 is 9.84 Å². The smallest absolute Gasteiger partial charge is 0.190 e. The molecule has 1 aliphatic rings. The van der Waals surface area contributed by atoms with Crippen molar-refractivity contribution in [2.45, 2.75) is 26.7 Å². The molecule has 1 atom stereocenters. The minimum Gasteiger partial charge on any atom is -0.356 e. The zero-order valence-electron chi connectivity index (χ0n) is 14.2. The van der Waals surface area contributed by atoms with Crippen molar-refractivity contribution in [1.82, 2.24) is 10.6 Å². The van der Waals surface area contributed by atoms with Gasteiger partial charge < -0.3 is 10.6 Å². The highest BCUT2D eigenvalue weighted by Gasteiger charge is 2.27. The standard InChI is InChI=1S/C17H27N3O2S/c1-13-8-14(2)10-15(9-13)4-6-19-17(18-3)20-11-16-5-7-23(21,22)12-16/h8-10,16H,4-7,11-12H2,1-3H3,(H2,18,19,20). The lowest BCUT2D eigenvalue weighted by atomic mass is 10.1. The first-order chi connectivity index (χ1) is 10.9. The van der Waals surface area contributed by atoms with Crippen molar-refractivity contribution < 1.29 is 8.42 Å². The van der Waals surface area contributed by atoms with Crippen molar-refractivity contribution in [3.63, 3.8) is 0 Å². The van der Waals surface area contributed by atoms with Gasteiger partial charge in [-0.1, -0.05) is 29.3 Å². The molecular formula is C17H27N3O2S. The minimum atomic E-state index is -2.81. The summed E-state index contributed by atoms with van der Waals surface area (Å²) in [5.74, 6) is 1.54. The summed E-state index contributed by atoms with van der Waals surface area (Å²) in [5.41, 5.74) is 3.88. The molecular weight excluding hydrogens is 310 g/mol. The Morgan fingerprint density at radius 2 is 1.91 bits per heavy atom. The Hall–Kier alpha value is -1.56. The van der Waals surface area contributed by atoms with Crippen LogP contribution in [0.2, 0.25) is 0 Å². The second-order valence-corrected chi connectivity index (χ2v) is 8.62. The topological polar surface area (TPSA) is 70.6 Å². The maximum Gasteiger partial charge on any atom is 0.190 e. The van der Waals surface area contributed by atoms with Gasteiger partial charge in [0.15, 0.2) is 15.8 Å². The number of aryl methyl sites for hydroxylation is 2. The van der Waals surface area contributed by atoms with Crippen LogP contribution in [0.4, 0.5) is 0 Å². The molecule has 1 unspecified atom stereocenters. The van der Waals surface area contributed by atoms with Crippen LogP contribution in [0.25, 0.3) is 0 Å². The van der Waals surface area contributed by atoms with Gasteiger partial charge in [-0.15, -0.1) is 0 Å². The van der Waals surface area contributed by atoms with E-state index in [0.717, 1.165) is 25.3 Å². The summed E-state index contributed by atoms with van der Waals surface area (Å²) < 4.78 is 22.9. The Morgan fingerprint density at radius 3 is 2.48 bits per heavy atom. The van der Waals surface area contributed by atoms with Crippen LogP contribution in [0.1, 0.15) is 23.1 Å². The number of hydrogen-bond acceptors (Lipinski definition) is 3. The lowest BCUT2D eigenvalue weighted by molar-refractivity contribution is 0.567. The predicted molar refractivity (Wildman–Crippen MR) is 95.7 cm³/mol. The molecule has 0 amide bonds. The Bertz CT molecular complexity index is 648. The van der Waals surface area contributed by atoms with E-state index >= 15 is 0 Å². The molecule has 0 saturated carbocycles. The number of sulfone groups is 1. The minimum absolute atomic E-state index is 0.193. The number of nitrogens with zero attached hydrogens (tertiary/aromatic N) is 1. The van der Waals surface area contributed by atoms with Crippen molar-refractivity contribution in [3.8, 4) is 0 Å². The molecule has 23 heavy (non-hydrogen) atoms. The third-order valence-corrected chi connectivity index (χ3v) is 5.93. The SMILES string of the molecule is CN=C(NCCc1cc(C)cc(C)c1)NCC1CCS(=O)(=O)C1. The molecule has 1 aromatic rings. The van der Waals surface area contributed by atoms with Gasteiger partial charge in [0.05, 0.1) is 11.5 Å². The largest absolute Gasteiger partial charge is 0.356 e. The summed E-state index contributed by atoms with van der Waals surface area (Å²) >= 11 is 0. The fourth-order valence-corrected chi connectivity index (χ4v) is 4.90. The fourth-order valence-electron chi connectivity index (χ4n) is 3.03. The zero-order chi connectivity index (χ0) is 16.9. The molecule has 6 heteroatoms. The van der Waals surface area contributed by atoms with E-state index in [-0.39, 0.29) is 5.92 Å². The van der Waals surface area contributed by atoms with Gasteiger partial charge >= 0.3 is 0 Å². The first-order valence-electron chi connectivity index (χ1n) is 8.10. The van der Waals surface area contributed by atoms with Gasteiger partial charge in [-0.3, -0.25) is 4.99 Å². The summed E-state index contributed by atoms with van der Waals surface area (Å²) in [6.45, 7) is 5.67. The average molecular weight is 337 g/mol. The Kier molecular flexibility index (Phi) is 6.04. The van der Waals surface area contributed by atoms with E-state index in [1.807, 2.05) is 0 Å². The maximum absolute atomic E-state index is 11.5. The predicted octanol–water partition coefficient (Wildman–Crippen LogP) is 1.45. The summed E-state index contributed by atoms with van der Waals surface area (Å²) in [4.78, 5) is 4.20. The van der Waals surface area contributed by atoms with Gasteiger partial charge in [-0.25, -0.2) is 8.42 Å². The molecule has 2 N–H and O–H groups in total. The molecule has 1 aliphatic heterocycles. The van der Waals surface area contributed by atoms with Gasteiger partial charge in [0.1, 0.15) is 0 Å². The van der Waals surface area contributed by atoms with Crippen molar-refractivity contribution in [2.75, 3.05) is 31.6 Å². The molecule has 128 valence electrons. The van der Waals surface area contributed by atoms with Crippen LogP contribution >= 0.6 is 0 Å². The number of benzene rings is 1. The zero-order valence-corrected chi connectivity index (χ0v) is 15.0. The second-order valence-electron chi connectivity index (χ2n) is 6.39. The molecule has 0 bridgehead atoms. The second kappa shape index (κ2) is 7.81. The molecule has 1 heterocycles. The average Bonchev–Trinajstić information content (AvgIpc) is 2.81. The van der Waals surface area contributed by atoms with E-state index in [0.29, 0.717) is 18.1 Å². The molecule has 0 spiro atoms. The summed E-state index contributed by atoms with van der Waals surface area (Å²) in [6, 6.07) is 6.58. The monoisotopic (exact) mass is 337 g/mol. The van der Waals surface area contributed by atoms with Crippen LogP contribution in [0.5, 0.6) is 0 Å². The molecule has 1 saturated heterocycles. The fraction of sp³-hybridized carbons (Fsp3) is 0.588. The molecule has 0 aromatic heterocycles. The molecule has 0 radical (unpaired) electrons. The van der Waals surface area contributed by atoms with Crippen LogP contribution in [-0.4, -0.2) is 46.0 Å². The highest BCUT2D eigenvalue weighted by molar-refractivity contribution is 7.91.